The fraction of sp³-hybridized carbons (Fsp3) is 0.0513. The Labute approximate surface area is 236 Å². The van der Waals surface area contributed by atoms with Gasteiger partial charge in [-0.1, -0.05) is 121 Å². The van der Waals surface area contributed by atoms with Crippen LogP contribution in [0.4, 0.5) is 0 Å². The Morgan fingerprint density at radius 3 is 1.02 bits per heavy atom. The molecule has 192 valence electrons. The summed E-state index contributed by atoms with van der Waals surface area (Å²) < 4.78 is 0. The van der Waals surface area contributed by atoms with Gasteiger partial charge in [0.25, 0.3) is 0 Å². The highest BCUT2D eigenvalue weighted by atomic mass is 16.1. The number of ketones is 1. The second-order valence-electron chi connectivity index (χ2n) is 10.3. The number of hydrogen-bond acceptors (Lipinski definition) is 1. The number of rotatable bonds is 6. The Morgan fingerprint density at radius 2 is 0.675 bits per heavy atom. The van der Waals surface area contributed by atoms with Crippen molar-refractivity contribution in [2.24, 2.45) is 0 Å². The highest BCUT2D eigenvalue weighted by Crippen LogP contribution is 2.33. The second kappa shape index (κ2) is 11.0. The van der Waals surface area contributed by atoms with Gasteiger partial charge in [0, 0.05) is 5.56 Å². The molecule has 0 radical (unpaired) electrons. The van der Waals surface area contributed by atoms with Crippen LogP contribution in [-0.2, 0) is 0 Å². The Hall–Kier alpha value is -5.01. The third-order valence-electron chi connectivity index (χ3n) is 7.44. The second-order valence-corrected chi connectivity index (χ2v) is 10.3. The summed E-state index contributed by atoms with van der Waals surface area (Å²) in [5.74, 6) is 0.0785. The molecule has 0 bridgehead atoms. The molecule has 0 unspecified atom stereocenters. The summed E-state index contributed by atoms with van der Waals surface area (Å²) in [5, 5.41) is 0. The van der Waals surface area contributed by atoms with E-state index in [2.05, 4.69) is 134 Å². The van der Waals surface area contributed by atoms with Crippen LogP contribution in [0.2, 0.25) is 0 Å². The maximum atomic E-state index is 11.9. The van der Waals surface area contributed by atoms with Crippen LogP contribution in [-0.4, -0.2) is 5.78 Å². The molecule has 0 saturated carbocycles. The molecule has 0 spiro atoms. The van der Waals surface area contributed by atoms with E-state index in [1.807, 2.05) is 18.2 Å². The molecule has 0 aliphatic heterocycles. The van der Waals surface area contributed by atoms with Crippen molar-refractivity contribution in [2.45, 2.75) is 13.8 Å². The molecule has 0 amide bonds. The van der Waals surface area contributed by atoms with Crippen LogP contribution in [0, 0.1) is 6.92 Å². The van der Waals surface area contributed by atoms with Crippen LogP contribution in [0.15, 0.2) is 146 Å². The topological polar surface area (TPSA) is 17.1 Å². The van der Waals surface area contributed by atoms with Crippen molar-refractivity contribution in [1.29, 1.82) is 0 Å². The molecular formula is C39H30O. The van der Waals surface area contributed by atoms with Gasteiger partial charge >= 0.3 is 0 Å². The van der Waals surface area contributed by atoms with Crippen LogP contribution in [0.25, 0.3) is 55.6 Å². The zero-order valence-corrected chi connectivity index (χ0v) is 22.8. The van der Waals surface area contributed by atoms with Crippen LogP contribution < -0.4 is 0 Å². The molecule has 0 aliphatic carbocycles. The van der Waals surface area contributed by atoms with Crippen molar-refractivity contribution in [2.75, 3.05) is 0 Å². The third-order valence-corrected chi connectivity index (χ3v) is 7.44. The number of carbonyl (C=O) groups is 1. The van der Waals surface area contributed by atoms with Gasteiger partial charge in [-0.05, 0) is 99.8 Å². The molecule has 0 aliphatic rings. The number of aryl methyl sites for hydroxylation is 1. The number of benzene rings is 6. The predicted octanol–water partition coefficient (Wildman–Crippen LogP) is 10.5. The lowest BCUT2D eigenvalue weighted by molar-refractivity contribution is 0.101. The fourth-order valence-corrected chi connectivity index (χ4v) is 5.18. The van der Waals surface area contributed by atoms with E-state index in [1.165, 1.54) is 38.9 Å². The first-order valence-electron chi connectivity index (χ1n) is 13.6. The molecule has 6 aromatic carbocycles. The van der Waals surface area contributed by atoms with Crippen molar-refractivity contribution in [3.05, 3.63) is 157 Å². The average molecular weight is 515 g/mol. The van der Waals surface area contributed by atoms with Gasteiger partial charge in [0.1, 0.15) is 0 Å². The normalized spacial score (nSPS) is 10.8. The summed E-state index contributed by atoms with van der Waals surface area (Å²) in [6.45, 7) is 3.72. The standard InChI is InChI=1S/C39H30O/c1-27-18-20-29(21-19-27)31-9-4-11-33(23-31)35-13-6-15-37(25-35)39-17-7-16-38(26-39)36-14-5-12-34(24-36)32-10-3-8-30(22-32)28(2)40/h3-26H,1-2H3. The lowest BCUT2D eigenvalue weighted by Gasteiger charge is -2.11. The van der Waals surface area contributed by atoms with Gasteiger partial charge in [-0.3, -0.25) is 4.79 Å². The molecule has 0 N–H and O–H groups in total. The molecule has 0 fully saturated rings. The summed E-state index contributed by atoms with van der Waals surface area (Å²) in [7, 11) is 0. The Kier molecular flexibility index (Phi) is 6.95. The van der Waals surface area contributed by atoms with Crippen LogP contribution in [0.5, 0.6) is 0 Å². The Morgan fingerprint density at radius 1 is 0.375 bits per heavy atom. The number of carbonyl (C=O) groups excluding carboxylic acids is 1. The predicted molar refractivity (Wildman–Crippen MR) is 168 cm³/mol. The van der Waals surface area contributed by atoms with Gasteiger partial charge in [-0.2, -0.15) is 0 Å². The molecule has 1 nitrogen and oxygen atoms in total. The quantitative estimate of drug-likeness (QED) is 0.202. The van der Waals surface area contributed by atoms with E-state index in [0.717, 1.165) is 27.8 Å². The van der Waals surface area contributed by atoms with Gasteiger partial charge in [0.15, 0.2) is 5.78 Å². The smallest absolute Gasteiger partial charge is 0.159 e. The highest BCUT2D eigenvalue weighted by molar-refractivity contribution is 5.95. The highest BCUT2D eigenvalue weighted by Gasteiger charge is 2.08. The van der Waals surface area contributed by atoms with Crippen molar-refractivity contribution >= 4 is 5.78 Å². The van der Waals surface area contributed by atoms with E-state index in [1.54, 1.807) is 6.92 Å². The number of Topliss-reactive ketones (excluding diaryl/α,β-unsaturated/α-hetero) is 1. The van der Waals surface area contributed by atoms with E-state index in [0.29, 0.717) is 0 Å². The monoisotopic (exact) mass is 514 g/mol. The van der Waals surface area contributed by atoms with Gasteiger partial charge < -0.3 is 0 Å². The summed E-state index contributed by atoms with van der Waals surface area (Å²) in [5.41, 5.74) is 13.7. The van der Waals surface area contributed by atoms with E-state index in [9.17, 15) is 4.79 Å². The minimum Gasteiger partial charge on any atom is -0.295 e. The molecule has 0 aromatic heterocycles. The van der Waals surface area contributed by atoms with Crippen LogP contribution in [0.3, 0.4) is 0 Å². The lowest BCUT2D eigenvalue weighted by Crippen LogP contribution is -1.91. The fourth-order valence-electron chi connectivity index (χ4n) is 5.18. The van der Waals surface area contributed by atoms with Crippen molar-refractivity contribution in [1.82, 2.24) is 0 Å². The molecular weight excluding hydrogens is 484 g/mol. The molecule has 0 atom stereocenters. The zero-order chi connectivity index (χ0) is 27.5. The van der Waals surface area contributed by atoms with Gasteiger partial charge in [0.2, 0.25) is 0 Å². The Balaban J connectivity index is 1.32. The molecule has 1 heteroatoms. The first-order valence-corrected chi connectivity index (χ1v) is 13.6. The van der Waals surface area contributed by atoms with Gasteiger partial charge in [-0.15, -0.1) is 0 Å². The van der Waals surface area contributed by atoms with E-state index >= 15 is 0 Å². The van der Waals surface area contributed by atoms with Crippen molar-refractivity contribution in [3.63, 3.8) is 0 Å². The van der Waals surface area contributed by atoms with Crippen molar-refractivity contribution < 1.29 is 4.79 Å². The van der Waals surface area contributed by atoms with Crippen LogP contribution >= 0.6 is 0 Å². The van der Waals surface area contributed by atoms with E-state index in [4.69, 9.17) is 0 Å². The zero-order valence-electron chi connectivity index (χ0n) is 22.8. The minimum absolute atomic E-state index is 0.0785. The summed E-state index contributed by atoms with van der Waals surface area (Å²) >= 11 is 0. The molecule has 6 aromatic rings. The largest absolute Gasteiger partial charge is 0.295 e. The van der Waals surface area contributed by atoms with E-state index in [-0.39, 0.29) is 5.78 Å². The summed E-state index contributed by atoms with van der Waals surface area (Å²) in [6, 6.07) is 51.3. The third kappa shape index (κ3) is 5.41. The molecule has 6 rings (SSSR count). The number of hydrogen-bond donors (Lipinski definition) is 0. The molecule has 0 saturated heterocycles. The first-order chi connectivity index (χ1) is 19.5. The SMILES string of the molecule is CC(=O)c1cccc(-c2cccc(-c3cccc(-c4cccc(-c5cccc(-c6ccc(C)cc6)c5)c4)c3)c2)c1. The summed E-state index contributed by atoms with van der Waals surface area (Å²) in [6.07, 6.45) is 0. The average Bonchev–Trinajstić information content (AvgIpc) is 3.02. The minimum atomic E-state index is 0.0785. The first kappa shape index (κ1) is 25.3. The Bertz CT molecular complexity index is 1830. The van der Waals surface area contributed by atoms with Crippen molar-refractivity contribution in [3.8, 4) is 55.6 Å². The lowest BCUT2D eigenvalue weighted by atomic mass is 9.93. The maximum Gasteiger partial charge on any atom is 0.159 e. The van der Waals surface area contributed by atoms with Crippen LogP contribution in [0.1, 0.15) is 22.8 Å². The van der Waals surface area contributed by atoms with E-state index < -0.39 is 0 Å². The van der Waals surface area contributed by atoms with Gasteiger partial charge in [0.05, 0.1) is 0 Å². The van der Waals surface area contributed by atoms with Gasteiger partial charge in [-0.25, -0.2) is 0 Å². The molecule has 40 heavy (non-hydrogen) atoms. The molecule has 0 heterocycles. The maximum absolute atomic E-state index is 11.9. The summed E-state index contributed by atoms with van der Waals surface area (Å²) in [4.78, 5) is 11.9.